The molecule has 0 spiro atoms. The summed E-state index contributed by atoms with van der Waals surface area (Å²) < 4.78 is 17.5. The molecule has 38 heavy (non-hydrogen) atoms. The number of nitrogens with one attached hydrogen (secondary N) is 2. The summed E-state index contributed by atoms with van der Waals surface area (Å²) in [6.45, 7) is 3.92. The van der Waals surface area contributed by atoms with Crippen molar-refractivity contribution >= 4 is 22.8 Å². The van der Waals surface area contributed by atoms with Gasteiger partial charge in [-0.3, -0.25) is 9.59 Å². The normalized spacial score (nSPS) is 21.1. The zero-order valence-corrected chi connectivity index (χ0v) is 21.1. The number of nitrogens with zero attached hydrogens (tertiary/aromatic N) is 3. The first kappa shape index (κ1) is 24.4. The molecule has 6 rings (SSSR count). The number of aliphatic hydroxyl groups is 2. The van der Waals surface area contributed by atoms with Gasteiger partial charge >= 0.3 is 0 Å². The number of hydrogen-bond donors (Lipinski definition) is 4. The molecule has 0 radical (unpaired) electrons. The van der Waals surface area contributed by atoms with Crippen molar-refractivity contribution in [3.63, 3.8) is 0 Å². The summed E-state index contributed by atoms with van der Waals surface area (Å²) in [5.74, 6) is 1.31. The van der Waals surface area contributed by atoms with E-state index in [9.17, 15) is 19.8 Å². The molecule has 4 heterocycles. The third-order valence-corrected chi connectivity index (χ3v) is 7.18. The van der Waals surface area contributed by atoms with Gasteiger partial charge in [0.05, 0.1) is 35.4 Å². The largest absolute Gasteiger partial charge is 0.492 e. The molecule has 4 N–H and O–H groups in total. The number of benzene rings is 1. The number of aryl methyl sites for hydroxylation is 1. The van der Waals surface area contributed by atoms with Crippen molar-refractivity contribution in [3.8, 4) is 28.5 Å². The SMILES string of the molecule is Cc1[nH]c2c(-c3c(OCC4CC4)ccc4c3OCO4)ncnc2c1C(=O)N[C@@H]1CN(C(=O)[C@H](C)O)C[C@H]1O. The van der Waals surface area contributed by atoms with Gasteiger partial charge in [-0.2, -0.15) is 0 Å². The standard InChI is InChI=1S/C26H29N5O7/c1-12-19(25(34)30-15-7-31(8-16(15)33)26(35)13(2)32)21-23(29-12)22(28-10-27-21)20-17(36-9-14-3-4-14)5-6-18-24(20)38-11-37-18/h5-6,10,13-16,29,32-33H,3-4,7-9,11H2,1-2H3,(H,30,34)/t13-,15+,16+/m0/s1. The first-order chi connectivity index (χ1) is 18.3. The van der Waals surface area contributed by atoms with Crippen molar-refractivity contribution in [3.05, 3.63) is 29.7 Å². The molecule has 12 nitrogen and oxygen atoms in total. The number of likely N-dealkylation sites (tertiary alicyclic amines) is 1. The van der Waals surface area contributed by atoms with Crippen molar-refractivity contribution < 1.29 is 34.0 Å². The van der Waals surface area contributed by atoms with Crippen LogP contribution in [0.2, 0.25) is 0 Å². The maximum atomic E-state index is 13.4. The second-order valence-corrected chi connectivity index (χ2v) is 10.1. The van der Waals surface area contributed by atoms with E-state index in [1.165, 1.54) is 18.2 Å². The van der Waals surface area contributed by atoms with Gasteiger partial charge in [0.2, 0.25) is 6.79 Å². The van der Waals surface area contributed by atoms with Crippen LogP contribution in [0.15, 0.2) is 18.5 Å². The number of fused-ring (bicyclic) bond motifs is 2. The van der Waals surface area contributed by atoms with Gasteiger partial charge in [-0.1, -0.05) is 0 Å². The molecule has 3 aliphatic rings. The third-order valence-electron chi connectivity index (χ3n) is 7.18. The number of β-amino-alcohol motifs (C(OH)–C–C–N with tert-alkyl or cyclic N) is 1. The van der Waals surface area contributed by atoms with Gasteiger partial charge in [0.15, 0.2) is 11.5 Å². The molecular weight excluding hydrogens is 494 g/mol. The Morgan fingerprint density at radius 3 is 2.84 bits per heavy atom. The number of ether oxygens (including phenoxy) is 3. The maximum Gasteiger partial charge on any atom is 0.255 e. The summed E-state index contributed by atoms with van der Waals surface area (Å²) in [7, 11) is 0. The number of aliphatic hydroxyl groups excluding tert-OH is 2. The highest BCUT2D eigenvalue weighted by Crippen LogP contribution is 2.48. The predicted octanol–water partition coefficient (Wildman–Crippen LogP) is 1.13. The molecular formula is C26H29N5O7. The number of H-pyrrole nitrogens is 1. The van der Waals surface area contributed by atoms with Crippen LogP contribution in [-0.2, 0) is 4.79 Å². The Morgan fingerprint density at radius 2 is 2.08 bits per heavy atom. The molecule has 200 valence electrons. The van der Waals surface area contributed by atoms with Crippen LogP contribution in [0.1, 0.15) is 35.8 Å². The number of carbonyl (C=O) groups is 2. The molecule has 2 aromatic heterocycles. The Labute approximate surface area is 217 Å². The van der Waals surface area contributed by atoms with Crippen LogP contribution in [0.5, 0.6) is 17.2 Å². The number of rotatable bonds is 7. The fourth-order valence-corrected chi connectivity index (χ4v) is 4.99. The molecule has 12 heteroatoms. The summed E-state index contributed by atoms with van der Waals surface area (Å²) in [6, 6.07) is 2.95. The number of aromatic nitrogens is 3. The lowest BCUT2D eigenvalue weighted by Crippen LogP contribution is -2.43. The van der Waals surface area contributed by atoms with Gasteiger partial charge in [-0.05, 0) is 44.7 Å². The van der Waals surface area contributed by atoms with Crippen molar-refractivity contribution in [1.29, 1.82) is 0 Å². The minimum atomic E-state index is -1.19. The number of carbonyl (C=O) groups excluding carboxylic acids is 2. The minimum absolute atomic E-state index is 0.0265. The van der Waals surface area contributed by atoms with Crippen LogP contribution >= 0.6 is 0 Å². The molecule has 1 aromatic carbocycles. The highest BCUT2D eigenvalue weighted by Gasteiger charge is 2.37. The maximum absolute atomic E-state index is 13.4. The van der Waals surface area contributed by atoms with E-state index in [-0.39, 0.29) is 19.9 Å². The Morgan fingerprint density at radius 1 is 1.26 bits per heavy atom. The average Bonchev–Trinajstić information content (AvgIpc) is 3.30. The lowest BCUT2D eigenvalue weighted by molar-refractivity contribution is -0.138. The van der Waals surface area contributed by atoms with E-state index in [4.69, 9.17) is 14.2 Å². The molecule has 3 atom stereocenters. The zero-order chi connectivity index (χ0) is 26.6. The Bertz CT molecular complexity index is 1420. The topological polar surface area (TPSA) is 159 Å². The molecule has 0 unspecified atom stereocenters. The summed E-state index contributed by atoms with van der Waals surface area (Å²) in [4.78, 5) is 39.1. The van der Waals surface area contributed by atoms with Crippen molar-refractivity contribution in [2.75, 3.05) is 26.5 Å². The Hall–Kier alpha value is -3.90. The highest BCUT2D eigenvalue weighted by molar-refractivity contribution is 6.09. The van der Waals surface area contributed by atoms with E-state index in [0.717, 1.165) is 12.8 Å². The number of amides is 2. The smallest absolute Gasteiger partial charge is 0.255 e. The van der Waals surface area contributed by atoms with E-state index < -0.39 is 30.1 Å². The lowest BCUT2D eigenvalue weighted by atomic mass is 10.1. The van der Waals surface area contributed by atoms with E-state index in [0.29, 0.717) is 63.3 Å². The number of hydrogen-bond acceptors (Lipinski definition) is 9. The van der Waals surface area contributed by atoms with Crippen LogP contribution in [0.4, 0.5) is 0 Å². The molecule has 1 aliphatic carbocycles. The zero-order valence-electron chi connectivity index (χ0n) is 21.1. The Balaban J connectivity index is 1.34. The fourth-order valence-electron chi connectivity index (χ4n) is 4.99. The van der Waals surface area contributed by atoms with Crippen LogP contribution in [0.3, 0.4) is 0 Å². The number of aromatic amines is 1. The van der Waals surface area contributed by atoms with Gasteiger partial charge in [-0.15, -0.1) is 0 Å². The minimum Gasteiger partial charge on any atom is -0.492 e. The van der Waals surface area contributed by atoms with Crippen LogP contribution in [0, 0.1) is 12.8 Å². The molecule has 3 aromatic rings. The van der Waals surface area contributed by atoms with Gasteiger partial charge in [0, 0.05) is 18.8 Å². The molecule has 0 bridgehead atoms. The van der Waals surface area contributed by atoms with E-state index >= 15 is 0 Å². The molecule has 2 amide bonds. The summed E-state index contributed by atoms with van der Waals surface area (Å²) in [5, 5.41) is 22.9. The van der Waals surface area contributed by atoms with Crippen molar-refractivity contribution in [2.24, 2.45) is 5.92 Å². The second kappa shape index (κ2) is 9.44. The van der Waals surface area contributed by atoms with Gasteiger partial charge in [-0.25, -0.2) is 9.97 Å². The third kappa shape index (κ3) is 4.29. The van der Waals surface area contributed by atoms with Crippen LogP contribution < -0.4 is 19.5 Å². The van der Waals surface area contributed by atoms with Crippen LogP contribution in [0.25, 0.3) is 22.3 Å². The first-order valence-electron chi connectivity index (χ1n) is 12.7. The lowest BCUT2D eigenvalue weighted by Gasteiger charge is -2.18. The Kier molecular flexibility index (Phi) is 6.07. The van der Waals surface area contributed by atoms with Crippen LogP contribution in [-0.4, -0.2) is 86.6 Å². The van der Waals surface area contributed by atoms with Crippen molar-refractivity contribution in [1.82, 2.24) is 25.2 Å². The molecule has 2 aliphatic heterocycles. The fraction of sp³-hybridized carbons (Fsp3) is 0.462. The van der Waals surface area contributed by atoms with Gasteiger partial charge in [0.25, 0.3) is 11.8 Å². The summed E-state index contributed by atoms with van der Waals surface area (Å²) in [5.41, 5.74) is 2.95. The van der Waals surface area contributed by atoms with E-state index in [1.807, 2.05) is 12.1 Å². The van der Waals surface area contributed by atoms with E-state index in [2.05, 4.69) is 20.3 Å². The van der Waals surface area contributed by atoms with Gasteiger partial charge in [0.1, 0.15) is 29.4 Å². The predicted molar refractivity (Wildman–Crippen MR) is 134 cm³/mol. The summed E-state index contributed by atoms with van der Waals surface area (Å²) >= 11 is 0. The van der Waals surface area contributed by atoms with Crippen molar-refractivity contribution in [2.45, 2.75) is 44.9 Å². The highest BCUT2D eigenvalue weighted by atomic mass is 16.7. The summed E-state index contributed by atoms with van der Waals surface area (Å²) in [6.07, 6.45) is 1.52. The molecule has 2 fully saturated rings. The monoisotopic (exact) mass is 523 g/mol. The molecule has 1 saturated carbocycles. The first-order valence-corrected chi connectivity index (χ1v) is 12.7. The average molecular weight is 524 g/mol. The van der Waals surface area contributed by atoms with Gasteiger partial charge < -0.3 is 39.6 Å². The second-order valence-electron chi connectivity index (χ2n) is 10.1. The molecule has 1 saturated heterocycles. The quantitative estimate of drug-likeness (QED) is 0.356. The van der Waals surface area contributed by atoms with E-state index in [1.54, 1.807) is 6.92 Å².